The Balaban J connectivity index is 2.37. The van der Waals surface area contributed by atoms with E-state index < -0.39 is 0 Å². The van der Waals surface area contributed by atoms with E-state index in [1.54, 1.807) is 12.3 Å². The maximum atomic E-state index is 11.8. The zero-order valence-electron chi connectivity index (χ0n) is 6.88. The third kappa shape index (κ3) is 1.85. The number of aromatic nitrogens is 1. The first kappa shape index (κ1) is 10.1. The predicted molar refractivity (Wildman–Crippen MR) is 63.9 cm³/mol. The number of ketones is 1. The SMILES string of the molecule is O=C(c1ccc[nH]1)c1cc(Br)c(Br)s1. The molecule has 0 saturated carbocycles. The Morgan fingerprint density at radius 2 is 2.21 bits per heavy atom. The van der Waals surface area contributed by atoms with Crippen LogP contribution in [0.5, 0.6) is 0 Å². The number of H-pyrrole nitrogens is 1. The molecule has 0 aliphatic heterocycles. The molecule has 0 unspecified atom stereocenters. The fourth-order valence-corrected chi connectivity index (χ4v) is 3.05. The van der Waals surface area contributed by atoms with Crippen LogP contribution in [-0.2, 0) is 0 Å². The summed E-state index contributed by atoms with van der Waals surface area (Å²) in [5, 5.41) is 0. The highest BCUT2D eigenvalue weighted by atomic mass is 79.9. The Hall–Kier alpha value is -0.390. The molecule has 2 aromatic rings. The van der Waals surface area contributed by atoms with Crippen LogP contribution < -0.4 is 0 Å². The third-order valence-electron chi connectivity index (χ3n) is 1.71. The highest BCUT2D eigenvalue weighted by molar-refractivity contribution is 9.13. The van der Waals surface area contributed by atoms with Crippen molar-refractivity contribution < 1.29 is 4.79 Å². The third-order valence-corrected chi connectivity index (χ3v) is 4.97. The van der Waals surface area contributed by atoms with Gasteiger partial charge >= 0.3 is 0 Å². The first-order chi connectivity index (χ1) is 6.68. The Kier molecular flexibility index (Phi) is 2.90. The molecule has 0 aliphatic rings. The zero-order chi connectivity index (χ0) is 10.1. The van der Waals surface area contributed by atoms with Crippen molar-refractivity contribution in [2.24, 2.45) is 0 Å². The van der Waals surface area contributed by atoms with Gasteiger partial charge in [0, 0.05) is 10.7 Å². The average Bonchev–Trinajstić information content (AvgIpc) is 2.76. The zero-order valence-corrected chi connectivity index (χ0v) is 10.9. The Bertz CT molecular complexity index is 442. The van der Waals surface area contributed by atoms with E-state index in [9.17, 15) is 4.79 Å². The van der Waals surface area contributed by atoms with Crippen molar-refractivity contribution in [3.8, 4) is 0 Å². The second kappa shape index (κ2) is 4.00. The van der Waals surface area contributed by atoms with E-state index in [0.29, 0.717) is 10.6 Å². The highest BCUT2D eigenvalue weighted by Crippen LogP contribution is 2.33. The van der Waals surface area contributed by atoms with Gasteiger partial charge in [-0.25, -0.2) is 0 Å². The van der Waals surface area contributed by atoms with Crippen LogP contribution in [0.1, 0.15) is 15.4 Å². The molecule has 0 saturated heterocycles. The van der Waals surface area contributed by atoms with Crippen LogP contribution in [-0.4, -0.2) is 10.8 Å². The Labute approximate surface area is 102 Å². The smallest absolute Gasteiger partial charge is 0.219 e. The number of hydrogen-bond acceptors (Lipinski definition) is 2. The molecule has 0 aromatic carbocycles. The summed E-state index contributed by atoms with van der Waals surface area (Å²) in [5.74, 6) is 0.0198. The van der Waals surface area contributed by atoms with Crippen molar-refractivity contribution in [1.29, 1.82) is 0 Å². The van der Waals surface area contributed by atoms with E-state index in [4.69, 9.17) is 0 Å². The Morgan fingerprint density at radius 3 is 2.71 bits per heavy atom. The summed E-state index contributed by atoms with van der Waals surface area (Å²) in [7, 11) is 0. The molecule has 14 heavy (non-hydrogen) atoms. The first-order valence-electron chi connectivity index (χ1n) is 3.81. The molecule has 0 amide bonds. The standard InChI is InChI=1S/C9H5Br2NOS/c10-5-4-7(14-9(5)11)8(13)6-2-1-3-12-6/h1-4,12H. The minimum absolute atomic E-state index is 0.0198. The van der Waals surface area contributed by atoms with Crippen molar-refractivity contribution in [2.45, 2.75) is 0 Å². The molecule has 0 bridgehead atoms. The van der Waals surface area contributed by atoms with E-state index in [1.807, 2.05) is 12.1 Å². The summed E-state index contributed by atoms with van der Waals surface area (Å²) in [6.45, 7) is 0. The second-order valence-corrected chi connectivity index (χ2v) is 5.87. The quantitative estimate of drug-likeness (QED) is 0.832. The molecule has 72 valence electrons. The van der Waals surface area contributed by atoms with Crippen molar-refractivity contribution in [1.82, 2.24) is 4.98 Å². The molecule has 0 atom stereocenters. The van der Waals surface area contributed by atoms with Crippen molar-refractivity contribution in [3.05, 3.63) is 43.2 Å². The van der Waals surface area contributed by atoms with Gasteiger partial charge < -0.3 is 4.98 Å². The van der Waals surface area contributed by atoms with Gasteiger partial charge in [0.25, 0.3) is 0 Å². The van der Waals surface area contributed by atoms with Crippen molar-refractivity contribution in [3.63, 3.8) is 0 Å². The molecule has 2 heterocycles. The molecule has 5 heteroatoms. The van der Waals surface area contributed by atoms with Crippen molar-refractivity contribution >= 4 is 49.0 Å². The molecule has 0 aliphatic carbocycles. The molecule has 0 spiro atoms. The Morgan fingerprint density at radius 1 is 1.43 bits per heavy atom. The van der Waals surface area contributed by atoms with Gasteiger partial charge in [-0.1, -0.05) is 0 Å². The summed E-state index contributed by atoms with van der Waals surface area (Å²) in [5.41, 5.74) is 0.617. The molecular weight excluding hydrogens is 330 g/mol. The lowest BCUT2D eigenvalue weighted by atomic mass is 10.2. The van der Waals surface area contributed by atoms with Crippen LogP contribution in [0.4, 0.5) is 0 Å². The highest BCUT2D eigenvalue weighted by Gasteiger charge is 2.14. The van der Waals surface area contributed by atoms with Gasteiger partial charge in [-0.2, -0.15) is 0 Å². The van der Waals surface area contributed by atoms with Crippen LogP contribution in [0.3, 0.4) is 0 Å². The van der Waals surface area contributed by atoms with E-state index in [-0.39, 0.29) is 5.78 Å². The molecular formula is C9H5Br2NOS. The number of carbonyl (C=O) groups excluding carboxylic acids is 1. The van der Waals surface area contributed by atoms with E-state index in [1.165, 1.54) is 11.3 Å². The van der Waals surface area contributed by atoms with E-state index in [2.05, 4.69) is 36.8 Å². The summed E-state index contributed by atoms with van der Waals surface area (Å²) in [6.07, 6.45) is 1.74. The van der Waals surface area contributed by atoms with Gasteiger partial charge in [0.2, 0.25) is 5.78 Å². The first-order valence-corrected chi connectivity index (χ1v) is 6.21. The minimum atomic E-state index is 0.0198. The van der Waals surface area contributed by atoms with E-state index >= 15 is 0 Å². The summed E-state index contributed by atoms with van der Waals surface area (Å²) >= 11 is 8.13. The lowest BCUT2D eigenvalue weighted by Gasteiger charge is -1.91. The maximum Gasteiger partial charge on any atom is 0.219 e. The molecule has 1 N–H and O–H groups in total. The predicted octanol–water partition coefficient (Wildman–Crippen LogP) is 3.83. The van der Waals surface area contributed by atoms with Crippen LogP contribution >= 0.6 is 43.2 Å². The normalized spacial score (nSPS) is 10.4. The fourth-order valence-electron chi connectivity index (χ4n) is 1.06. The van der Waals surface area contributed by atoms with Gasteiger partial charge in [0.15, 0.2) is 0 Å². The monoisotopic (exact) mass is 333 g/mol. The van der Waals surface area contributed by atoms with Crippen molar-refractivity contribution in [2.75, 3.05) is 0 Å². The topological polar surface area (TPSA) is 32.9 Å². The molecule has 2 aromatic heterocycles. The van der Waals surface area contributed by atoms with Gasteiger partial charge in [-0.05, 0) is 50.1 Å². The number of rotatable bonds is 2. The number of thiophene rings is 1. The fraction of sp³-hybridized carbons (Fsp3) is 0. The number of hydrogen-bond donors (Lipinski definition) is 1. The lowest BCUT2D eigenvalue weighted by molar-refractivity contribution is 0.103. The van der Waals surface area contributed by atoms with Crippen LogP contribution in [0.25, 0.3) is 0 Å². The molecule has 0 fully saturated rings. The molecule has 2 nitrogen and oxygen atoms in total. The minimum Gasteiger partial charge on any atom is -0.358 e. The van der Waals surface area contributed by atoms with Crippen LogP contribution in [0.15, 0.2) is 32.7 Å². The number of aromatic amines is 1. The summed E-state index contributed by atoms with van der Waals surface area (Å²) in [4.78, 5) is 15.4. The number of carbonyl (C=O) groups is 1. The second-order valence-electron chi connectivity index (χ2n) is 2.65. The van der Waals surface area contributed by atoms with Gasteiger partial charge in [-0.15, -0.1) is 11.3 Å². The number of halogens is 2. The van der Waals surface area contributed by atoms with Crippen LogP contribution in [0.2, 0.25) is 0 Å². The summed E-state index contributed by atoms with van der Waals surface area (Å²) < 4.78 is 1.85. The van der Waals surface area contributed by atoms with E-state index in [0.717, 1.165) is 8.26 Å². The average molecular weight is 335 g/mol. The number of nitrogens with one attached hydrogen (secondary N) is 1. The molecule has 0 radical (unpaired) electrons. The largest absolute Gasteiger partial charge is 0.358 e. The lowest BCUT2D eigenvalue weighted by Crippen LogP contribution is -1.97. The maximum absolute atomic E-state index is 11.8. The molecule has 2 rings (SSSR count). The summed E-state index contributed by atoms with van der Waals surface area (Å²) in [6, 6.07) is 5.40. The van der Waals surface area contributed by atoms with Gasteiger partial charge in [0.05, 0.1) is 14.4 Å². The van der Waals surface area contributed by atoms with Crippen LogP contribution in [0, 0.1) is 0 Å². The van der Waals surface area contributed by atoms with Gasteiger partial charge in [-0.3, -0.25) is 4.79 Å². The van der Waals surface area contributed by atoms with Gasteiger partial charge in [0.1, 0.15) is 0 Å².